The number of nitrogens with zero attached hydrogens (tertiary/aromatic N) is 3. The zero-order valence-corrected chi connectivity index (χ0v) is 10.7. The molecule has 0 unspecified atom stereocenters. The number of rotatable bonds is 4. The van der Waals surface area contributed by atoms with E-state index in [0.29, 0.717) is 0 Å². The van der Waals surface area contributed by atoms with Crippen LogP contribution in [0.15, 0.2) is 12.4 Å². The van der Waals surface area contributed by atoms with Gasteiger partial charge in [-0.2, -0.15) is 0 Å². The molecule has 0 amide bonds. The van der Waals surface area contributed by atoms with Crippen molar-refractivity contribution in [1.29, 1.82) is 0 Å². The Kier molecular flexibility index (Phi) is 4.74. The van der Waals surface area contributed by atoms with Crippen LogP contribution >= 0.6 is 0 Å². The van der Waals surface area contributed by atoms with E-state index in [0.717, 1.165) is 37.7 Å². The van der Waals surface area contributed by atoms with Gasteiger partial charge >= 0.3 is 0 Å². The minimum Gasteiger partial charge on any atom is -0.355 e. The van der Waals surface area contributed by atoms with E-state index in [4.69, 9.17) is 0 Å². The zero-order chi connectivity index (χ0) is 11.9. The lowest BCUT2D eigenvalue weighted by Crippen LogP contribution is -2.25. The van der Waals surface area contributed by atoms with Gasteiger partial charge in [0.05, 0.1) is 11.9 Å². The maximum atomic E-state index is 4.68. The van der Waals surface area contributed by atoms with Crippen LogP contribution in [-0.2, 0) is 6.54 Å². The Morgan fingerprint density at radius 3 is 2.65 bits per heavy atom. The minimum atomic E-state index is 0.811. The van der Waals surface area contributed by atoms with E-state index in [2.05, 4.69) is 27.1 Å². The van der Waals surface area contributed by atoms with E-state index in [1.54, 1.807) is 0 Å². The molecular formula is C13H22N4. The fourth-order valence-corrected chi connectivity index (χ4v) is 2.19. The third-order valence-corrected chi connectivity index (χ3v) is 3.16. The highest BCUT2D eigenvalue weighted by atomic mass is 15.2. The minimum absolute atomic E-state index is 0.811. The second-order valence-electron chi connectivity index (χ2n) is 4.55. The molecule has 0 saturated carbocycles. The first-order chi connectivity index (χ1) is 8.40. The van der Waals surface area contributed by atoms with Gasteiger partial charge in [0.25, 0.3) is 0 Å². The van der Waals surface area contributed by atoms with Gasteiger partial charge in [-0.1, -0.05) is 19.8 Å². The van der Waals surface area contributed by atoms with Crippen LogP contribution in [0.3, 0.4) is 0 Å². The largest absolute Gasteiger partial charge is 0.355 e. The maximum Gasteiger partial charge on any atom is 0.147 e. The summed E-state index contributed by atoms with van der Waals surface area (Å²) in [4.78, 5) is 11.3. The summed E-state index contributed by atoms with van der Waals surface area (Å²) >= 11 is 0. The van der Waals surface area contributed by atoms with Crippen molar-refractivity contribution in [2.24, 2.45) is 0 Å². The molecule has 0 aliphatic carbocycles. The van der Waals surface area contributed by atoms with Crippen molar-refractivity contribution in [3.63, 3.8) is 0 Å². The van der Waals surface area contributed by atoms with Crippen molar-refractivity contribution in [2.75, 3.05) is 24.5 Å². The van der Waals surface area contributed by atoms with E-state index in [9.17, 15) is 0 Å². The topological polar surface area (TPSA) is 41.1 Å². The Balaban J connectivity index is 2.03. The first kappa shape index (κ1) is 12.3. The molecule has 1 aromatic rings. The molecule has 0 atom stereocenters. The predicted octanol–water partition coefficient (Wildman–Crippen LogP) is 1.97. The van der Waals surface area contributed by atoms with Crippen LogP contribution in [-0.4, -0.2) is 29.6 Å². The smallest absolute Gasteiger partial charge is 0.147 e. The molecule has 0 radical (unpaired) electrons. The highest BCUT2D eigenvalue weighted by molar-refractivity contribution is 5.36. The summed E-state index contributed by atoms with van der Waals surface area (Å²) in [6.45, 7) is 6.13. The lowest BCUT2D eigenvalue weighted by atomic mass is 10.2. The molecule has 0 spiro atoms. The fourth-order valence-electron chi connectivity index (χ4n) is 2.19. The van der Waals surface area contributed by atoms with Crippen LogP contribution in [0.1, 0.15) is 38.3 Å². The van der Waals surface area contributed by atoms with Crippen LogP contribution in [0.5, 0.6) is 0 Å². The standard InChI is InChI=1S/C13H22N4/c1-2-14-9-12-10-15-11-13(16-12)17-7-5-3-4-6-8-17/h10-11,14H,2-9H2,1H3. The van der Waals surface area contributed by atoms with Crippen molar-refractivity contribution in [2.45, 2.75) is 39.2 Å². The first-order valence-electron chi connectivity index (χ1n) is 6.66. The Hall–Kier alpha value is -1.16. The average Bonchev–Trinajstić information content (AvgIpc) is 2.65. The van der Waals surface area contributed by atoms with Gasteiger partial charge in [-0.15, -0.1) is 0 Å². The van der Waals surface area contributed by atoms with E-state index in [-0.39, 0.29) is 0 Å². The molecule has 1 saturated heterocycles. The lowest BCUT2D eigenvalue weighted by Gasteiger charge is -2.21. The summed E-state index contributed by atoms with van der Waals surface area (Å²) in [6, 6.07) is 0. The molecule has 2 rings (SSSR count). The molecule has 1 aliphatic heterocycles. The second kappa shape index (κ2) is 6.55. The van der Waals surface area contributed by atoms with Gasteiger partial charge in [0, 0.05) is 25.8 Å². The Labute approximate surface area is 103 Å². The van der Waals surface area contributed by atoms with Crippen molar-refractivity contribution >= 4 is 5.82 Å². The molecule has 0 bridgehead atoms. The van der Waals surface area contributed by atoms with Gasteiger partial charge in [-0.3, -0.25) is 4.98 Å². The zero-order valence-electron chi connectivity index (χ0n) is 10.7. The predicted molar refractivity (Wildman–Crippen MR) is 70.1 cm³/mol. The molecule has 17 heavy (non-hydrogen) atoms. The van der Waals surface area contributed by atoms with Crippen LogP contribution in [0.2, 0.25) is 0 Å². The lowest BCUT2D eigenvalue weighted by molar-refractivity contribution is 0.700. The van der Waals surface area contributed by atoms with Crippen molar-refractivity contribution < 1.29 is 0 Å². The van der Waals surface area contributed by atoms with Crippen LogP contribution in [0.25, 0.3) is 0 Å². The van der Waals surface area contributed by atoms with Gasteiger partial charge in [0.15, 0.2) is 0 Å². The first-order valence-corrected chi connectivity index (χ1v) is 6.66. The fraction of sp³-hybridized carbons (Fsp3) is 0.692. The number of anilines is 1. The third kappa shape index (κ3) is 3.66. The monoisotopic (exact) mass is 234 g/mol. The molecule has 1 aliphatic rings. The molecule has 4 nitrogen and oxygen atoms in total. The number of hydrogen-bond donors (Lipinski definition) is 1. The average molecular weight is 234 g/mol. The Morgan fingerprint density at radius 1 is 1.18 bits per heavy atom. The van der Waals surface area contributed by atoms with E-state index >= 15 is 0 Å². The Bertz CT molecular complexity index is 332. The summed E-state index contributed by atoms with van der Waals surface area (Å²) in [6.07, 6.45) is 8.99. The van der Waals surface area contributed by atoms with Gasteiger partial charge in [-0.05, 0) is 19.4 Å². The van der Waals surface area contributed by atoms with E-state index in [1.165, 1.54) is 25.7 Å². The molecule has 94 valence electrons. The molecule has 4 heteroatoms. The Morgan fingerprint density at radius 2 is 1.94 bits per heavy atom. The number of nitrogens with one attached hydrogen (secondary N) is 1. The normalized spacial score (nSPS) is 16.9. The molecule has 0 aromatic carbocycles. The SMILES string of the molecule is CCNCc1cncc(N2CCCCCC2)n1. The van der Waals surface area contributed by atoms with Gasteiger partial charge in [0.1, 0.15) is 5.82 Å². The van der Waals surface area contributed by atoms with Crippen molar-refractivity contribution in [3.05, 3.63) is 18.1 Å². The molecular weight excluding hydrogens is 212 g/mol. The summed E-state index contributed by atoms with van der Waals surface area (Å²) in [5.74, 6) is 1.04. The van der Waals surface area contributed by atoms with Gasteiger partial charge < -0.3 is 10.2 Å². The maximum absolute atomic E-state index is 4.68. The number of hydrogen-bond acceptors (Lipinski definition) is 4. The molecule has 2 heterocycles. The molecule has 1 aromatic heterocycles. The van der Waals surface area contributed by atoms with Crippen LogP contribution in [0.4, 0.5) is 5.82 Å². The van der Waals surface area contributed by atoms with Crippen LogP contribution in [0, 0.1) is 0 Å². The highest BCUT2D eigenvalue weighted by Gasteiger charge is 2.11. The van der Waals surface area contributed by atoms with Crippen molar-refractivity contribution in [1.82, 2.24) is 15.3 Å². The van der Waals surface area contributed by atoms with Crippen molar-refractivity contribution in [3.8, 4) is 0 Å². The molecule has 1 N–H and O–H groups in total. The number of aromatic nitrogens is 2. The van der Waals surface area contributed by atoms with Crippen LogP contribution < -0.4 is 10.2 Å². The third-order valence-electron chi connectivity index (χ3n) is 3.16. The summed E-state index contributed by atoms with van der Waals surface area (Å²) in [7, 11) is 0. The summed E-state index contributed by atoms with van der Waals surface area (Å²) < 4.78 is 0. The molecule has 1 fully saturated rings. The van der Waals surface area contributed by atoms with E-state index in [1.807, 2.05) is 12.4 Å². The van der Waals surface area contributed by atoms with E-state index < -0.39 is 0 Å². The van der Waals surface area contributed by atoms with Gasteiger partial charge in [-0.25, -0.2) is 4.98 Å². The van der Waals surface area contributed by atoms with Gasteiger partial charge in [0.2, 0.25) is 0 Å². The quantitative estimate of drug-likeness (QED) is 0.864. The summed E-state index contributed by atoms with van der Waals surface area (Å²) in [5.41, 5.74) is 1.04. The highest BCUT2D eigenvalue weighted by Crippen LogP contribution is 2.16. The summed E-state index contributed by atoms with van der Waals surface area (Å²) in [5, 5.41) is 3.29. The second-order valence-corrected chi connectivity index (χ2v) is 4.55.